The molecule has 0 bridgehead atoms. The molecular formula is C14H18N4O. The number of hydrogen-bond donors (Lipinski definition) is 1. The Hall–Kier alpha value is -1.72. The van der Waals surface area contributed by atoms with Crippen LogP contribution in [-0.2, 0) is 26.1 Å². The van der Waals surface area contributed by atoms with Crippen molar-refractivity contribution in [3.63, 3.8) is 0 Å². The summed E-state index contributed by atoms with van der Waals surface area (Å²) in [7, 11) is 0. The van der Waals surface area contributed by atoms with Crippen molar-refractivity contribution in [1.29, 1.82) is 0 Å². The van der Waals surface area contributed by atoms with Gasteiger partial charge < -0.3 is 5.11 Å². The number of pyridine rings is 1. The van der Waals surface area contributed by atoms with Gasteiger partial charge in [0.2, 0.25) is 0 Å². The lowest BCUT2D eigenvalue weighted by Crippen LogP contribution is -2.21. The number of rotatable bonds is 5. The van der Waals surface area contributed by atoms with Crippen molar-refractivity contribution in [2.45, 2.75) is 26.1 Å². The molecule has 0 saturated carbocycles. The molecule has 0 spiro atoms. The van der Waals surface area contributed by atoms with E-state index in [0.717, 1.165) is 31.7 Å². The Kier molecular flexibility index (Phi) is 3.57. The van der Waals surface area contributed by atoms with Gasteiger partial charge in [0.05, 0.1) is 25.0 Å². The molecule has 0 radical (unpaired) electrons. The van der Waals surface area contributed by atoms with E-state index >= 15 is 0 Å². The normalized spacial score (nSPS) is 14.8. The summed E-state index contributed by atoms with van der Waals surface area (Å²) in [5.74, 6) is 0. The smallest absolute Gasteiger partial charge is 0.0644 e. The predicted molar refractivity (Wildman–Crippen MR) is 71.4 cm³/mol. The minimum Gasteiger partial charge on any atom is -0.394 e. The first-order chi connectivity index (χ1) is 9.36. The molecule has 0 unspecified atom stereocenters. The minimum absolute atomic E-state index is 0.141. The molecule has 5 heteroatoms. The Morgan fingerprint density at radius 3 is 2.95 bits per heavy atom. The molecule has 3 heterocycles. The predicted octanol–water partition coefficient (Wildman–Crippen LogP) is 0.829. The van der Waals surface area contributed by atoms with Crippen LogP contribution in [0.4, 0.5) is 0 Å². The van der Waals surface area contributed by atoms with Gasteiger partial charge in [-0.15, -0.1) is 0 Å². The Morgan fingerprint density at radius 2 is 2.16 bits per heavy atom. The molecule has 0 amide bonds. The summed E-state index contributed by atoms with van der Waals surface area (Å²) in [4.78, 5) is 6.74. The van der Waals surface area contributed by atoms with Gasteiger partial charge in [0, 0.05) is 43.5 Å². The standard InChI is InChI=1S/C14H18N4O/c19-8-7-18-14-11-17(10-12(14)9-16-18)6-4-13-3-1-2-5-15-13/h1-3,5,9,19H,4,6-8,10-11H2. The van der Waals surface area contributed by atoms with Gasteiger partial charge in [-0.1, -0.05) is 6.07 Å². The quantitative estimate of drug-likeness (QED) is 0.863. The number of aliphatic hydroxyl groups excluding tert-OH is 1. The van der Waals surface area contributed by atoms with E-state index in [1.54, 1.807) is 0 Å². The van der Waals surface area contributed by atoms with Crippen LogP contribution in [-0.4, -0.2) is 37.9 Å². The third kappa shape index (κ3) is 2.67. The van der Waals surface area contributed by atoms with Gasteiger partial charge in [0.1, 0.15) is 0 Å². The molecule has 0 aliphatic carbocycles. The molecule has 1 N–H and O–H groups in total. The van der Waals surface area contributed by atoms with Crippen molar-refractivity contribution in [3.05, 3.63) is 47.5 Å². The van der Waals surface area contributed by atoms with E-state index in [9.17, 15) is 0 Å². The van der Waals surface area contributed by atoms with Gasteiger partial charge >= 0.3 is 0 Å². The van der Waals surface area contributed by atoms with E-state index in [2.05, 4.69) is 21.0 Å². The number of aromatic nitrogens is 3. The second-order valence-corrected chi connectivity index (χ2v) is 4.84. The summed E-state index contributed by atoms with van der Waals surface area (Å²) >= 11 is 0. The Labute approximate surface area is 112 Å². The molecule has 2 aromatic rings. The van der Waals surface area contributed by atoms with Crippen LogP contribution in [0.15, 0.2) is 30.6 Å². The second-order valence-electron chi connectivity index (χ2n) is 4.84. The second kappa shape index (κ2) is 5.50. The molecule has 3 rings (SSSR count). The maximum atomic E-state index is 9.00. The van der Waals surface area contributed by atoms with Crippen molar-refractivity contribution in [1.82, 2.24) is 19.7 Å². The fourth-order valence-electron chi connectivity index (χ4n) is 2.54. The summed E-state index contributed by atoms with van der Waals surface area (Å²) in [6, 6.07) is 6.04. The molecule has 0 fully saturated rings. The average Bonchev–Trinajstić information content (AvgIpc) is 3.00. The Morgan fingerprint density at radius 1 is 1.21 bits per heavy atom. The van der Waals surface area contributed by atoms with Crippen LogP contribution in [0.2, 0.25) is 0 Å². The molecule has 100 valence electrons. The van der Waals surface area contributed by atoms with E-state index in [1.807, 2.05) is 29.2 Å². The van der Waals surface area contributed by atoms with E-state index in [1.165, 1.54) is 11.3 Å². The molecule has 2 aromatic heterocycles. The van der Waals surface area contributed by atoms with Crippen LogP contribution >= 0.6 is 0 Å². The number of aliphatic hydroxyl groups is 1. The van der Waals surface area contributed by atoms with Gasteiger partial charge in [-0.25, -0.2) is 0 Å². The molecular weight excluding hydrogens is 240 g/mol. The highest BCUT2D eigenvalue weighted by molar-refractivity contribution is 5.22. The van der Waals surface area contributed by atoms with E-state index in [4.69, 9.17) is 5.11 Å². The fourth-order valence-corrected chi connectivity index (χ4v) is 2.54. The molecule has 0 aromatic carbocycles. The molecule has 0 atom stereocenters. The van der Waals surface area contributed by atoms with Crippen molar-refractivity contribution in [2.75, 3.05) is 13.2 Å². The van der Waals surface area contributed by atoms with Crippen LogP contribution in [0, 0.1) is 0 Å². The molecule has 19 heavy (non-hydrogen) atoms. The summed E-state index contributed by atoms with van der Waals surface area (Å²) in [6.07, 6.45) is 4.73. The summed E-state index contributed by atoms with van der Waals surface area (Å²) < 4.78 is 1.91. The van der Waals surface area contributed by atoms with Crippen LogP contribution in [0.3, 0.4) is 0 Å². The Balaban J connectivity index is 1.58. The van der Waals surface area contributed by atoms with Gasteiger partial charge in [-0.2, -0.15) is 5.10 Å². The zero-order valence-electron chi connectivity index (χ0n) is 10.9. The summed E-state index contributed by atoms with van der Waals surface area (Å²) in [5, 5.41) is 13.3. The third-order valence-corrected chi connectivity index (χ3v) is 3.52. The number of hydrogen-bond acceptors (Lipinski definition) is 4. The summed E-state index contributed by atoms with van der Waals surface area (Å²) in [6.45, 7) is 3.60. The summed E-state index contributed by atoms with van der Waals surface area (Å²) in [5.41, 5.74) is 3.67. The van der Waals surface area contributed by atoms with Crippen molar-refractivity contribution in [3.8, 4) is 0 Å². The largest absolute Gasteiger partial charge is 0.394 e. The molecule has 5 nitrogen and oxygen atoms in total. The van der Waals surface area contributed by atoms with Crippen LogP contribution < -0.4 is 0 Å². The SMILES string of the molecule is OCCn1ncc2c1CN(CCc1ccccn1)C2. The lowest BCUT2D eigenvalue weighted by atomic mass is 10.2. The van der Waals surface area contributed by atoms with E-state index < -0.39 is 0 Å². The average molecular weight is 258 g/mol. The first kappa shape index (κ1) is 12.3. The van der Waals surface area contributed by atoms with Crippen LogP contribution in [0.5, 0.6) is 0 Å². The molecule has 1 aliphatic rings. The first-order valence-electron chi connectivity index (χ1n) is 6.63. The van der Waals surface area contributed by atoms with Gasteiger partial charge in [0.15, 0.2) is 0 Å². The molecule has 0 saturated heterocycles. The number of nitrogens with zero attached hydrogens (tertiary/aromatic N) is 4. The van der Waals surface area contributed by atoms with E-state index in [-0.39, 0.29) is 6.61 Å². The highest BCUT2D eigenvalue weighted by atomic mass is 16.3. The van der Waals surface area contributed by atoms with Crippen LogP contribution in [0.25, 0.3) is 0 Å². The van der Waals surface area contributed by atoms with Gasteiger partial charge in [0.25, 0.3) is 0 Å². The maximum absolute atomic E-state index is 9.00. The third-order valence-electron chi connectivity index (χ3n) is 3.52. The fraction of sp³-hybridized carbons (Fsp3) is 0.429. The zero-order chi connectivity index (χ0) is 13.1. The van der Waals surface area contributed by atoms with Crippen molar-refractivity contribution < 1.29 is 5.11 Å². The van der Waals surface area contributed by atoms with E-state index in [0.29, 0.717) is 6.54 Å². The highest BCUT2D eigenvalue weighted by Crippen LogP contribution is 2.22. The highest BCUT2D eigenvalue weighted by Gasteiger charge is 2.22. The van der Waals surface area contributed by atoms with Crippen molar-refractivity contribution in [2.24, 2.45) is 0 Å². The maximum Gasteiger partial charge on any atom is 0.0644 e. The van der Waals surface area contributed by atoms with Crippen molar-refractivity contribution >= 4 is 0 Å². The zero-order valence-corrected chi connectivity index (χ0v) is 10.9. The first-order valence-corrected chi connectivity index (χ1v) is 6.63. The van der Waals surface area contributed by atoms with Gasteiger partial charge in [-0.05, 0) is 12.1 Å². The monoisotopic (exact) mass is 258 g/mol. The lowest BCUT2D eigenvalue weighted by molar-refractivity contribution is 0.255. The number of fused-ring (bicyclic) bond motifs is 1. The van der Waals surface area contributed by atoms with Gasteiger partial charge in [-0.3, -0.25) is 14.6 Å². The van der Waals surface area contributed by atoms with Crippen LogP contribution in [0.1, 0.15) is 17.0 Å². The lowest BCUT2D eigenvalue weighted by Gasteiger charge is -2.15. The Bertz CT molecular complexity index is 538. The molecule has 1 aliphatic heterocycles. The topological polar surface area (TPSA) is 54.2 Å². The minimum atomic E-state index is 0.141.